The minimum atomic E-state index is 0.906. The van der Waals surface area contributed by atoms with Gasteiger partial charge in [-0.05, 0) is 36.7 Å². The van der Waals surface area contributed by atoms with Crippen LogP contribution in [-0.2, 0) is 6.42 Å². The van der Waals surface area contributed by atoms with Gasteiger partial charge in [-0.3, -0.25) is 0 Å². The SMILES string of the molecule is C[C@@H](CCc1ccccc1)CC1CCCC1. The molecule has 1 aromatic rings. The number of benzene rings is 1. The number of hydrogen-bond donors (Lipinski definition) is 0. The van der Waals surface area contributed by atoms with Gasteiger partial charge in [0, 0.05) is 0 Å². The summed E-state index contributed by atoms with van der Waals surface area (Å²) in [5.74, 6) is 1.95. The van der Waals surface area contributed by atoms with Gasteiger partial charge < -0.3 is 0 Å². The molecule has 0 amide bonds. The van der Waals surface area contributed by atoms with Crippen LogP contribution in [0.25, 0.3) is 0 Å². The van der Waals surface area contributed by atoms with Crippen LogP contribution < -0.4 is 0 Å². The summed E-state index contributed by atoms with van der Waals surface area (Å²) in [4.78, 5) is 0. The lowest BCUT2D eigenvalue weighted by atomic mass is 9.90. The number of rotatable bonds is 5. The third-order valence-electron chi connectivity index (χ3n) is 3.98. The fourth-order valence-corrected chi connectivity index (χ4v) is 2.99. The Hall–Kier alpha value is -0.780. The van der Waals surface area contributed by atoms with Crippen molar-refractivity contribution in [2.24, 2.45) is 11.8 Å². The van der Waals surface area contributed by atoms with Crippen molar-refractivity contribution in [1.82, 2.24) is 0 Å². The molecule has 0 bridgehead atoms. The van der Waals surface area contributed by atoms with E-state index in [1.54, 1.807) is 0 Å². The fraction of sp³-hybridized carbons (Fsp3) is 0.625. The Morgan fingerprint density at radius 2 is 1.81 bits per heavy atom. The molecule has 0 nitrogen and oxygen atoms in total. The van der Waals surface area contributed by atoms with Crippen molar-refractivity contribution in [2.45, 2.75) is 51.9 Å². The largest absolute Gasteiger partial charge is 0.0625 e. The molecular formula is C16H24. The second-order valence-corrected chi connectivity index (χ2v) is 5.52. The summed E-state index contributed by atoms with van der Waals surface area (Å²) in [6, 6.07) is 10.9. The quantitative estimate of drug-likeness (QED) is 0.661. The second kappa shape index (κ2) is 6.08. The van der Waals surface area contributed by atoms with E-state index in [0.29, 0.717) is 0 Å². The molecule has 16 heavy (non-hydrogen) atoms. The zero-order valence-electron chi connectivity index (χ0n) is 10.5. The van der Waals surface area contributed by atoms with Crippen LogP contribution in [0.5, 0.6) is 0 Å². The zero-order chi connectivity index (χ0) is 11.2. The Morgan fingerprint density at radius 1 is 1.12 bits per heavy atom. The Morgan fingerprint density at radius 3 is 2.50 bits per heavy atom. The van der Waals surface area contributed by atoms with E-state index >= 15 is 0 Å². The third kappa shape index (κ3) is 3.66. The Labute approximate surface area is 100 Å². The van der Waals surface area contributed by atoms with Crippen molar-refractivity contribution in [2.75, 3.05) is 0 Å². The highest BCUT2D eigenvalue weighted by Gasteiger charge is 2.17. The smallest absolute Gasteiger partial charge is 0.0276 e. The molecule has 0 unspecified atom stereocenters. The minimum Gasteiger partial charge on any atom is -0.0625 e. The molecule has 2 rings (SSSR count). The predicted octanol–water partition coefficient (Wildman–Crippen LogP) is 4.84. The van der Waals surface area contributed by atoms with Crippen molar-refractivity contribution in [1.29, 1.82) is 0 Å². The Balaban J connectivity index is 1.69. The van der Waals surface area contributed by atoms with Crippen LogP contribution in [0.2, 0.25) is 0 Å². The van der Waals surface area contributed by atoms with E-state index in [2.05, 4.69) is 37.3 Å². The molecule has 0 heterocycles. The molecule has 0 aromatic heterocycles. The molecule has 88 valence electrons. The van der Waals surface area contributed by atoms with Gasteiger partial charge in [0.15, 0.2) is 0 Å². The van der Waals surface area contributed by atoms with Gasteiger partial charge in [-0.25, -0.2) is 0 Å². The van der Waals surface area contributed by atoms with Crippen LogP contribution in [0.15, 0.2) is 30.3 Å². The minimum absolute atomic E-state index is 0.906. The average molecular weight is 216 g/mol. The molecule has 1 atom stereocenters. The van der Waals surface area contributed by atoms with E-state index in [-0.39, 0.29) is 0 Å². The third-order valence-corrected chi connectivity index (χ3v) is 3.98. The molecule has 1 aromatic carbocycles. The summed E-state index contributed by atoms with van der Waals surface area (Å²) in [7, 11) is 0. The van der Waals surface area contributed by atoms with Crippen LogP contribution in [0.4, 0.5) is 0 Å². The molecular weight excluding hydrogens is 192 g/mol. The molecule has 1 fully saturated rings. The van der Waals surface area contributed by atoms with Gasteiger partial charge in [0.2, 0.25) is 0 Å². The number of aryl methyl sites for hydroxylation is 1. The molecule has 0 aliphatic heterocycles. The molecule has 0 saturated heterocycles. The van der Waals surface area contributed by atoms with Crippen LogP contribution in [0.3, 0.4) is 0 Å². The zero-order valence-corrected chi connectivity index (χ0v) is 10.5. The van der Waals surface area contributed by atoms with E-state index < -0.39 is 0 Å². The summed E-state index contributed by atoms with van der Waals surface area (Å²) >= 11 is 0. The fourth-order valence-electron chi connectivity index (χ4n) is 2.99. The van der Waals surface area contributed by atoms with E-state index in [0.717, 1.165) is 11.8 Å². The molecule has 0 spiro atoms. The topological polar surface area (TPSA) is 0 Å². The molecule has 0 N–H and O–H groups in total. The van der Waals surface area contributed by atoms with E-state index in [4.69, 9.17) is 0 Å². The molecule has 0 radical (unpaired) electrons. The maximum atomic E-state index is 2.43. The predicted molar refractivity (Wildman–Crippen MR) is 70.5 cm³/mol. The summed E-state index contributed by atoms with van der Waals surface area (Å²) in [6.45, 7) is 2.43. The first-order valence-corrected chi connectivity index (χ1v) is 6.88. The maximum Gasteiger partial charge on any atom is -0.0276 e. The second-order valence-electron chi connectivity index (χ2n) is 5.52. The standard InChI is InChI=1S/C16H24/c1-14(13-16-9-5-6-10-16)11-12-15-7-3-2-4-8-15/h2-4,7-8,14,16H,5-6,9-13H2,1H3/t14-/m0/s1. The normalized spacial score (nSPS) is 18.8. The van der Waals surface area contributed by atoms with Crippen molar-refractivity contribution < 1.29 is 0 Å². The first kappa shape index (κ1) is 11.7. The van der Waals surface area contributed by atoms with Gasteiger partial charge in [0.25, 0.3) is 0 Å². The molecule has 1 aliphatic rings. The Kier molecular flexibility index (Phi) is 4.44. The van der Waals surface area contributed by atoms with Gasteiger partial charge in [-0.1, -0.05) is 62.9 Å². The Bertz CT molecular complexity index is 282. The van der Waals surface area contributed by atoms with Crippen LogP contribution >= 0.6 is 0 Å². The monoisotopic (exact) mass is 216 g/mol. The van der Waals surface area contributed by atoms with Crippen LogP contribution in [0.1, 0.15) is 51.0 Å². The van der Waals surface area contributed by atoms with E-state index in [1.807, 2.05) is 0 Å². The maximum absolute atomic E-state index is 2.43. The first-order valence-electron chi connectivity index (χ1n) is 6.88. The first-order chi connectivity index (χ1) is 7.84. The average Bonchev–Trinajstić information content (AvgIpc) is 2.81. The van der Waals surface area contributed by atoms with Crippen molar-refractivity contribution in [3.63, 3.8) is 0 Å². The lowest BCUT2D eigenvalue weighted by Crippen LogP contribution is -2.04. The van der Waals surface area contributed by atoms with Gasteiger partial charge in [-0.15, -0.1) is 0 Å². The highest BCUT2D eigenvalue weighted by Crippen LogP contribution is 2.31. The highest BCUT2D eigenvalue weighted by molar-refractivity contribution is 5.14. The van der Waals surface area contributed by atoms with Crippen LogP contribution in [0, 0.1) is 11.8 Å². The van der Waals surface area contributed by atoms with E-state index in [9.17, 15) is 0 Å². The molecule has 1 aliphatic carbocycles. The summed E-state index contributed by atoms with van der Waals surface area (Å²) in [6.07, 6.45) is 10.0. The van der Waals surface area contributed by atoms with Crippen molar-refractivity contribution in [3.8, 4) is 0 Å². The summed E-state index contributed by atoms with van der Waals surface area (Å²) in [5, 5.41) is 0. The highest BCUT2D eigenvalue weighted by atomic mass is 14.2. The molecule has 0 heteroatoms. The van der Waals surface area contributed by atoms with Crippen LogP contribution in [-0.4, -0.2) is 0 Å². The summed E-state index contributed by atoms with van der Waals surface area (Å²) in [5.41, 5.74) is 1.50. The van der Waals surface area contributed by atoms with Gasteiger partial charge in [0.05, 0.1) is 0 Å². The van der Waals surface area contributed by atoms with Crippen molar-refractivity contribution in [3.05, 3.63) is 35.9 Å². The molecule has 1 saturated carbocycles. The summed E-state index contributed by atoms with van der Waals surface area (Å²) < 4.78 is 0. The van der Waals surface area contributed by atoms with Gasteiger partial charge >= 0.3 is 0 Å². The van der Waals surface area contributed by atoms with E-state index in [1.165, 1.54) is 50.5 Å². The lowest BCUT2D eigenvalue weighted by Gasteiger charge is -2.16. The lowest BCUT2D eigenvalue weighted by molar-refractivity contribution is 0.380. The van der Waals surface area contributed by atoms with Crippen molar-refractivity contribution >= 4 is 0 Å². The van der Waals surface area contributed by atoms with Gasteiger partial charge in [-0.2, -0.15) is 0 Å². The number of hydrogen-bond acceptors (Lipinski definition) is 0. The van der Waals surface area contributed by atoms with Gasteiger partial charge in [0.1, 0.15) is 0 Å².